The first-order valence-corrected chi connectivity index (χ1v) is 10.5. The van der Waals surface area contributed by atoms with Crippen molar-refractivity contribution in [3.05, 3.63) is 59.7 Å². The zero-order valence-electron chi connectivity index (χ0n) is 17.3. The molecular formula is C22H27N3O3S. The lowest BCUT2D eigenvalue weighted by molar-refractivity contribution is 0.102. The maximum Gasteiger partial charge on any atom is 0.175 e. The van der Waals surface area contributed by atoms with Gasteiger partial charge in [-0.2, -0.15) is 0 Å². The first kappa shape index (κ1) is 21.2. The van der Waals surface area contributed by atoms with E-state index in [1.54, 1.807) is 20.4 Å². The van der Waals surface area contributed by atoms with Crippen molar-refractivity contribution >= 4 is 17.5 Å². The van der Waals surface area contributed by atoms with Gasteiger partial charge in [0.05, 0.1) is 12.9 Å². The molecule has 29 heavy (non-hydrogen) atoms. The van der Waals surface area contributed by atoms with Crippen LogP contribution in [0.4, 0.5) is 0 Å². The molecule has 0 atom stereocenters. The molecule has 154 valence electrons. The Morgan fingerprint density at radius 1 is 1.17 bits per heavy atom. The van der Waals surface area contributed by atoms with Crippen LogP contribution in [0.25, 0.3) is 5.69 Å². The molecule has 0 saturated carbocycles. The predicted octanol–water partition coefficient (Wildman–Crippen LogP) is 4.31. The Bertz CT molecular complexity index is 960. The molecule has 3 aromatic rings. The summed E-state index contributed by atoms with van der Waals surface area (Å²) >= 11 is 1.45. The lowest BCUT2D eigenvalue weighted by Gasteiger charge is -2.10. The van der Waals surface area contributed by atoms with Gasteiger partial charge >= 0.3 is 0 Å². The van der Waals surface area contributed by atoms with Crippen molar-refractivity contribution < 1.29 is 14.3 Å². The molecule has 3 rings (SSSR count). The largest absolute Gasteiger partial charge is 0.497 e. The number of aromatic nitrogens is 3. The van der Waals surface area contributed by atoms with Gasteiger partial charge in [-0.05, 0) is 50.6 Å². The van der Waals surface area contributed by atoms with Gasteiger partial charge in [0.25, 0.3) is 0 Å². The average Bonchev–Trinajstić information content (AvgIpc) is 3.31. The molecule has 6 nitrogen and oxygen atoms in total. The standard InChI is InChI=1S/C22H27N3O3S/c1-16-14-20(17(2)24(16)11-5-13-27-3)21(26)15-29-22-23-10-12-25(22)18-6-8-19(28-4)9-7-18/h6-10,12,14H,5,11,13,15H2,1-4H3. The number of nitrogens with zero attached hydrogens (tertiary/aromatic N) is 3. The number of methoxy groups -OCH3 is 2. The van der Waals surface area contributed by atoms with Crippen LogP contribution in [0.15, 0.2) is 47.9 Å². The predicted molar refractivity (Wildman–Crippen MR) is 116 cm³/mol. The Morgan fingerprint density at radius 3 is 2.62 bits per heavy atom. The molecule has 0 fully saturated rings. The smallest absolute Gasteiger partial charge is 0.175 e. The maximum absolute atomic E-state index is 12.9. The summed E-state index contributed by atoms with van der Waals surface area (Å²) in [6.07, 6.45) is 4.57. The van der Waals surface area contributed by atoms with E-state index in [9.17, 15) is 4.79 Å². The van der Waals surface area contributed by atoms with Crippen molar-refractivity contribution in [3.8, 4) is 11.4 Å². The van der Waals surface area contributed by atoms with Crippen LogP contribution in [-0.2, 0) is 11.3 Å². The molecule has 1 aromatic carbocycles. The number of rotatable bonds is 10. The van der Waals surface area contributed by atoms with E-state index in [4.69, 9.17) is 9.47 Å². The van der Waals surface area contributed by atoms with Gasteiger partial charge in [0.2, 0.25) is 0 Å². The number of imidazole rings is 1. The highest BCUT2D eigenvalue weighted by Gasteiger charge is 2.17. The van der Waals surface area contributed by atoms with Gasteiger partial charge in [0, 0.05) is 55.3 Å². The topological polar surface area (TPSA) is 58.3 Å². The van der Waals surface area contributed by atoms with Crippen LogP contribution < -0.4 is 4.74 Å². The fourth-order valence-electron chi connectivity index (χ4n) is 3.34. The maximum atomic E-state index is 12.9. The summed E-state index contributed by atoms with van der Waals surface area (Å²) in [6, 6.07) is 9.75. The normalized spacial score (nSPS) is 11.0. The second-order valence-electron chi connectivity index (χ2n) is 6.77. The lowest BCUT2D eigenvalue weighted by Crippen LogP contribution is -2.08. The molecule has 0 radical (unpaired) electrons. The minimum Gasteiger partial charge on any atom is -0.497 e. The monoisotopic (exact) mass is 413 g/mol. The summed E-state index contributed by atoms with van der Waals surface area (Å²) < 4.78 is 14.5. The molecule has 0 saturated heterocycles. The molecule has 0 N–H and O–H groups in total. The average molecular weight is 414 g/mol. The van der Waals surface area contributed by atoms with Crippen LogP contribution >= 0.6 is 11.8 Å². The van der Waals surface area contributed by atoms with E-state index < -0.39 is 0 Å². The molecule has 2 heterocycles. The van der Waals surface area contributed by atoms with Crippen LogP contribution in [0, 0.1) is 13.8 Å². The van der Waals surface area contributed by atoms with Crippen LogP contribution in [-0.4, -0.2) is 46.5 Å². The third-order valence-electron chi connectivity index (χ3n) is 4.89. The number of Topliss-reactive ketones (excluding diaryl/α,β-unsaturated/α-hetero) is 1. The van der Waals surface area contributed by atoms with E-state index in [-0.39, 0.29) is 5.78 Å². The summed E-state index contributed by atoms with van der Waals surface area (Å²) in [5.74, 6) is 1.26. The summed E-state index contributed by atoms with van der Waals surface area (Å²) in [7, 11) is 3.35. The Morgan fingerprint density at radius 2 is 1.93 bits per heavy atom. The number of aryl methyl sites for hydroxylation is 1. The van der Waals surface area contributed by atoms with E-state index in [1.807, 2.05) is 54.9 Å². The lowest BCUT2D eigenvalue weighted by atomic mass is 10.2. The van der Waals surface area contributed by atoms with E-state index >= 15 is 0 Å². The number of carbonyl (C=O) groups is 1. The van der Waals surface area contributed by atoms with Gasteiger partial charge in [-0.25, -0.2) is 4.98 Å². The van der Waals surface area contributed by atoms with Gasteiger partial charge in [0.1, 0.15) is 5.75 Å². The number of ketones is 1. The second-order valence-corrected chi connectivity index (χ2v) is 7.71. The Kier molecular flexibility index (Phi) is 7.17. The highest BCUT2D eigenvalue weighted by atomic mass is 32.2. The third kappa shape index (κ3) is 4.92. The Labute approximate surface area is 175 Å². The van der Waals surface area contributed by atoms with Crippen LogP contribution in [0.5, 0.6) is 5.75 Å². The third-order valence-corrected chi connectivity index (χ3v) is 5.86. The van der Waals surface area contributed by atoms with E-state index in [0.29, 0.717) is 12.4 Å². The van der Waals surface area contributed by atoms with E-state index in [2.05, 4.69) is 9.55 Å². The number of carbonyl (C=O) groups excluding carboxylic acids is 1. The van der Waals surface area contributed by atoms with Crippen molar-refractivity contribution in [1.82, 2.24) is 14.1 Å². The molecule has 0 aliphatic carbocycles. The fourth-order valence-corrected chi connectivity index (χ4v) is 4.19. The zero-order valence-corrected chi connectivity index (χ0v) is 18.2. The van der Waals surface area contributed by atoms with Gasteiger partial charge in [-0.3, -0.25) is 9.36 Å². The molecule has 7 heteroatoms. The fraction of sp³-hybridized carbons (Fsp3) is 0.364. The molecule has 0 amide bonds. The van der Waals surface area contributed by atoms with E-state index in [0.717, 1.165) is 46.5 Å². The highest BCUT2D eigenvalue weighted by molar-refractivity contribution is 7.99. The van der Waals surface area contributed by atoms with E-state index in [1.165, 1.54) is 11.8 Å². The van der Waals surface area contributed by atoms with Gasteiger partial charge in [-0.15, -0.1) is 0 Å². The van der Waals surface area contributed by atoms with Gasteiger partial charge < -0.3 is 14.0 Å². The van der Waals surface area contributed by atoms with Crippen molar-refractivity contribution in [3.63, 3.8) is 0 Å². The first-order chi connectivity index (χ1) is 14.0. The first-order valence-electron chi connectivity index (χ1n) is 9.54. The molecule has 0 aliphatic heterocycles. The molecule has 0 spiro atoms. The number of hydrogen-bond acceptors (Lipinski definition) is 5. The molecule has 0 bridgehead atoms. The summed E-state index contributed by atoms with van der Waals surface area (Å²) in [5, 5.41) is 0.789. The molecule has 0 aliphatic rings. The zero-order chi connectivity index (χ0) is 20.8. The van der Waals surface area contributed by atoms with Crippen molar-refractivity contribution in [2.24, 2.45) is 0 Å². The molecular weight excluding hydrogens is 386 g/mol. The minimum absolute atomic E-state index is 0.116. The van der Waals surface area contributed by atoms with Gasteiger partial charge in [0.15, 0.2) is 10.9 Å². The number of thioether (sulfide) groups is 1. The summed E-state index contributed by atoms with van der Waals surface area (Å²) in [5.41, 5.74) is 3.89. The number of benzene rings is 1. The van der Waals surface area contributed by atoms with Crippen molar-refractivity contribution in [2.45, 2.75) is 32.0 Å². The Hall–Kier alpha value is -2.51. The quantitative estimate of drug-likeness (QED) is 0.282. The van der Waals surface area contributed by atoms with Crippen LogP contribution in [0.2, 0.25) is 0 Å². The SMILES string of the molecule is COCCCn1c(C)cc(C(=O)CSc2nccn2-c2ccc(OC)cc2)c1C. The molecule has 0 unspecified atom stereocenters. The van der Waals surface area contributed by atoms with Gasteiger partial charge in [-0.1, -0.05) is 11.8 Å². The minimum atomic E-state index is 0.116. The number of hydrogen-bond donors (Lipinski definition) is 0. The van der Waals surface area contributed by atoms with Crippen molar-refractivity contribution in [1.29, 1.82) is 0 Å². The van der Waals surface area contributed by atoms with Crippen LogP contribution in [0.3, 0.4) is 0 Å². The van der Waals surface area contributed by atoms with Crippen molar-refractivity contribution in [2.75, 3.05) is 26.6 Å². The number of ether oxygens (including phenoxy) is 2. The molecule has 2 aromatic heterocycles. The second kappa shape index (κ2) is 9.80. The Balaban J connectivity index is 1.69. The highest BCUT2D eigenvalue weighted by Crippen LogP contribution is 2.24. The summed E-state index contributed by atoms with van der Waals surface area (Å²) in [6.45, 7) is 5.62. The summed E-state index contributed by atoms with van der Waals surface area (Å²) in [4.78, 5) is 17.3. The van der Waals surface area contributed by atoms with Crippen LogP contribution in [0.1, 0.15) is 28.2 Å².